The molecule has 1 aliphatic heterocycles. The summed E-state index contributed by atoms with van der Waals surface area (Å²) in [6.45, 7) is 2.82. The fourth-order valence-corrected chi connectivity index (χ4v) is 4.28. The van der Waals surface area contributed by atoms with E-state index in [4.69, 9.17) is 9.47 Å². The molecule has 1 atom stereocenters. The Labute approximate surface area is 157 Å². The number of nitrogens with one attached hydrogen (secondary N) is 1. The molecule has 1 aromatic carbocycles. The van der Waals surface area contributed by atoms with E-state index in [-0.39, 0.29) is 17.9 Å². The number of hydrogen-bond acceptors (Lipinski definition) is 4. The molecule has 3 rings (SSSR count). The highest BCUT2D eigenvalue weighted by atomic mass is 16.5. The molecule has 2 aliphatic rings. The van der Waals surface area contributed by atoms with Crippen molar-refractivity contribution in [1.29, 1.82) is 0 Å². The van der Waals surface area contributed by atoms with E-state index in [1.807, 2.05) is 6.07 Å². The van der Waals surface area contributed by atoms with E-state index >= 15 is 0 Å². The highest BCUT2D eigenvalue weighted by Crippen LogP contribution is 2.33. The van der Waals surface area contributed by atoms with Gasteiger partial charge in [0.2, 0.25) is 5.91 Å². The second kappa shape index (κ2) is 9.26. The number of rotatable bonds is 7. The smallest absolute Gasteiger partial charge is 0.223 e. The van der Waals surface area contributed by atoms with Crippen molar-refractivity contribution in [2.45, 2.75) is 51.0 Å². The number of amides is 1. The highest BCUT2D eigenvalue weighted by Gasteiger charge is 2.27. The number of benzene rings is 1. The third-order valence-electron chi connectivity index (χ3n) is 5.82. The van der Waals surface area contributed by atoms with E-state index in [1.165, 1.54) is 37.7 Å². The van der Waals surface area contributed by atoms with Crippen molar-refractivity contribution >= 4 is 5.91 Å². The largest absolute Gasteiger partial charge is 0.493 e. The van der Waals surface area contributed by atoms with Gasteiger partial charge in [-0.1, -0.05) is 25.3 Å². The average Bonchev–Trinajstić information content (AvgIpc) is 3.23. The van der Waals surface area contributed by atoms with Gasteiger partial charge in [-0.3, -0.25) is 9.69 Å². The molecule has 0 aromatic heterocycles. The first-order chi connectivity index (χ1) is 12.7. The Kier molecular flexibility index (Phi) is 6.78. The van der Waals surface area contributed by atoms with Gasteiger partial charge in [0.15, 0.2) is 11.5 Å². The van der Waals surface area contributed by atoms with Crippen LogP contribution >= 0.6 is 0 Å². The highest BCUT2D eigenvalue weighted by molar-refractivity contribution is 5.78. The molecule has 0 radical (unpaired) electrons. The molecule has 1 N–H and O–H groups in total. The lowest BCUT2D eigenvalue weighted by molar-refractivity contribution is -0.126. The van der Waals surface area contributed by atoms with Gasteiger partial charge in [-0.05, 0) is 56.5 Å². The first-order valence-corrected chi connectivity index (χ1v) is 9.96. The predicted molar refractivity (Wildman–Crippen MR) is 103 cm³/mol. The van der Waals surface area contributed by atoms with Crippen molar-refractivity contribution in [3.05, 3.63) is 23.8 Å². The van der Waals surface area contributed by atoms with E-state index in [0.29, 0.717) is 6.54 Å². The summed E-state index contributed by atoms with van der Waals surface area (Å²) in [5, 5.41) is 3.24. The Morgan fingerprint density at radius 2 is 1.77 bits per heavy atom. The summed E-state index contributed by atoms with van der Waals surface area (Å²) < 4.78 is 10.8. The minimum absolute atomic E-state index is 0.185. The van der Waals surface area contributed by atoms with Gasteiger partial charge in [-0.15, -0.1) is 0 Å². The van der Waals surface area contributed by atoms with Crippen LogP contribution < -0.4 is 14.8 Å². The molecule has 0 bridgehead atoms. The lowest BCUT2D eigenvalue weighted by atomic mass is 9.88. The molecule has 1 aliphatic carbocycles. The molecule has 5 heteroatoms. The van der Waals surface area contributed by atoms with Gasteiger partial charge in [-0.2, -0.15) is 0 Å². The number of nitrogens with zero attached hydrogens (tertiary/aromatic N) is 1. The van der Waals surface area contributed by atoms with E-state index in [1.54, 1.807) is 14.2 Å². The summed E-state index contributed by atoms with van der Waals surface area (Å²) in [5.41, 5.74) is 1.17. The van der Waals surface area contributed by atoms with Crippen molar-refractivity contribution in [1.82, 2.24) is 10.2 Å². The van der Waals surface area contributed by atoms with Crippen molar-refractivity contribution < 1.29 is 14.3 Å². The predicted octanol–water partition coefficient (Wildman–Crippen LogP) is 3.54. The van der Waals surface area contributed by atoms with Gasteiger partial charge in [0, 0.05) is 12.5 Å². The maximum Gasteiger partial charge on any atom is 0.223 e. The van der Waals surface area contributed by atoms with Crippen LogP contribution in [0.25, 0.3) is 0 Å². The Hall–Kier alpha value is -1.75. The average molecular weight is 360 g/mol. The molecule has 1 saturated carbocycles. The Bertz CT molecular complexity index is 593. The SMILES string of the molecule is COc1ccc(C(CNC(=O)C2CCCCC2)N2CCCC2)cc1OC. The molecule has 2 fully saturated rings. The zero-order chi connectivity index (χ0) is 18.4. The standard InChI is InChI=1S/C21H32N2O3/c1-25-19-11-10-17(14-20(19)26-2)18(23-12-6-7-13-23)15-22-21(24)16-8-4-3-5-9-16/h10-11,14,16,18H,3-9,12-13,15H2,1-2H3,(H,22,24). The zero-order valence-corrected chi connectivity index (χ0v) is 16.1. The second-order valence-electron chi connectivity index (χ2n) is 7.45. The minimum atomic E-state index is 0.185. The Balaban J connectivity index is 1.71. The topological polar surface area (TPSA) is 50.8 Å². The van der Waals surface area contributed by atoms with Crippen LogP contribution in [0.15, 0.2) is 18.2 Å². The van der Waals surface area contributed by atoms with E-state index in [0.717, 1.165) is 37.4 Å². The molecule has 5 nitrogen and oxygen atoms in total. The van der Waals surface area contributed by atoms with Crippen LogP contribution in [0.2, 0.25) is 0 Å². The van der Waals surface area contributed by atoms with Gasteiger partial charge >= 0.3 is 0 Å². The summed E-state index contributed by atoms with van der Waals surface area (Å²) in [6.07, 6.45) is 8.16. The van der Waals surface area contributed by atoms with Crippen LogP contribution in [0.5, 0.6) is 11.5 Å². The van der Waals surface area contributed by atoms with E-state index in [9.17, 15) is 4.79 Å². The van der Waals surface area contributed by atoms with Crippen LogP contribution in [0.3, 0.4) is 0 Å². The van der Waals surface area contributed by atoms with Crippen molar-refractivity contribution in [2.75, 3.05) is 33.9 Å². The van der Waals surface area contributed by atoms with Crippen LogP contribution in [0.1, 0.15) is 56.6 Å². The maximum absolute atomic E-state index is 12.6. The fourth-order valence-electron chi connectivity index (χ4n) is 4.28. The Morgan fingerprint density at radius 3 is 2.42 bits per heavy atom. The first-order valence-electron chi connectivity index (χ1n) is 9.96. The van der Waals surface area contributed by atoms with Crippen molar-refractivity contribution in [3.8, 4) is 11.5 Å². The molecule has 144 valence electrons. The number of methoxy groups -OCH3 is 2. The van der Waals surface area contributed by atoms with E-state index < -0.39 is 0 Å². The number of carbonyl (C=O) groups excluding carboxylic acids is 1. The second-order valence-corrected chi connectivity index (χ2v) is 7.45. The monoisotopic (exact) mass is 360 g/mol. The van der Waals surface area contributed by atoms with Gasteiger partial charge in [0.05, 0.1) is 20.3 Å². The van der Waals surface area contributed by atoms with E-state index in [2.05, 4.69) is 22.3 Å². The number of carbonyl (C=O) groups is 1. The molecule has 1 saturated heterocycles. The summed E-state index contributed by atoms with van der Waals surface area (Å²) >= 11 is 0. The summed E-state index contributed by atoms with van der Waals surface area (Å²) in [4.78, 5) is 15.1. The molecule has 26 heavy (non-hydrogen) atoms. The molecule has 1 aromatic rings. The molecule has 1 unspecified atom stereocenters. The third kappa shape index (κ3) is 4.50. The van der Waals surface area contributed by atoms with Crippen LogP contribution in [0.4, 0.5) is 0 Å². The van der Waals surface area contributed by atoms with Gasteiger partial charge < -0.3 is 14.8 Å². The van der Waals surface area contributed by atoms with Crippen molar-refractivity contribution in [2.24, 2.45) is 5.92 Å². The molecule has 1 heterocycles. The third-order valence-corrected chi connectivity index (χ3v) is 5.82. The molecular formula is C21H32N2O3. The maximum atomic E-state index is 12.6. The first kappa shape index (κ1) is 19.0. The van der Waals surface area contributed by atoms with Gasteiger partial charge in [-0.25, -0.2) is 0 Å². The minimum Gasteiger partial charge on any atom is -0.493 e. The van der Waals surface area contributed by atoms with Crippen LogP contribution in [-0.2, 0) is 4.79 Å². The Morgan fingerprint density at radius 1 is 1.08 bits per heavy atom. The fraction of sp³-hybridized carbons (Fsp3) is 0.667. The van der Waals surface area contributed by atoms with Gasteiger partial charge in [0.25, 0.3) is 0 Å². The lowest BCUT2D eigenvalue weighted by Crippen LogP contribution is -2.39. The van der Waals surface area contributed by atoms with Crippen molar-refractivity contribution in [3.63, 3.8) is 0 Å². The molecular weight excluding hydrogens is 328 g/mol. The van der Waals surface area contributed by atoms with Gasteiger partial charge in [0.1, 0.15) is 0 Å². The molecule has 0 spiro atoms. The normalized spacial score (nSPS) is 19.9. The number of hydrogen-bond donors (Lipinski definition) is 1. The quantitative estimate of drug-likeness (QED) is 0.808. The zero-order valence-electron chi connectivity index (χ0n) is 16.1. The number of ether oxygens (including phenoxy) is 2. The number of likely N-dealkylation sites (tertiary alicyclic amines) is 1. The van der Waals surface area contributed by atoms with Crippen LogP contribution in [0, 0.1) is 5.92 Å². The summed E-state index contributed by atoms with van der Waals surface area (Å²) in [7, 11) is 3.32. The molecule has 1 amide bonds. The summed E-state index contributed by atoms with van der Waals surface area (Å²) in [6, 6.07) is 6.29. The van der Waals surface area contributed by atoms with Crippen LogP contribution in [-0.4, -0.2) is 44.7 Å². The lowest BCUT2D eigenvalue weighted by Gasteiger charge is -2.30. The summed E-state index contributed by atoms with van der Waals surface area (Å²) in [5.74, 6) is 1.92.